The number of carbonyl (C=O) groups is 2. The summed E-state index contributed by atoms with van der Waals surface area (Å²) in [6.45, 7) is 13.5. The fourth-order valence-electron chi connectivity index (χ4n) is 14.1. The zero-order valence-corrected chi connectivity index (χ0v) is 47.1. The summed E-state index contributed by atoms with van der Waals surface area (Å²) in [5, 5.41) is 37.2. The van der Waals surface area contributed by atoms with E-state index in [4.69, 9.17) is 25.9 Å². The molecule has 2 aromatic heterocycles. The maximum absolute atomic E-state index is 17.2. The molecular weight excluding hydrogens is 1040 g/mol. The van der Waals surface area contributed by atoms with Gasteiger partial charge in [-0.2, -0.15) is 9.97 Å². The average molecular weight is 1110 g/mol. The number of pyridine rings is 1. The Bertz CT molecular complexity index is 3480. The van der Waals surface area contributed by atoms with Crippen LogP contribution in [0.2, 0.25) is 0 Å². The summed E-state index contributed by atoms with van der Waals surface area (Å²) in [5.74, 6) is 2.56. The molecule has 17 heteroatoms. The highest BCUT2D eigenvalue weighted by Gasteiger charge is 2.46. The molecule has 4 aromatic carbocycles. The minimum Gasteiger partial charge on any atom is -0.508 e. The first-order valence-corrected chi connectivity index (χ1v) is 29.8. The molecule has 2 unspecified atom stereocenters. The van der Waals surface area contributed by atoms with Crippen molar-refractivity contribution in [3.63, 3.8) is 0 Å². The third kappa shape index (κ3) is 10.9. The number of amides is 2. The van der Waals surface area contributed by atoms with E-state index in [0.29, 0.717) is 70.4 Å². The molecule has 6 aliphatic heterocycles. The van der Waals surface area contributed by atoms with Crippen molar-refractivity contribution in [2.24, 2.45) is 11.3 Å². The molecule has 5 saturated heterocycles. The van der Waals surface area contributed by atoms with Gasteiger partial charge in [0.1, 0.15) is 34.3 Å². The fourth-order valence-corrected chi connectivity index (χ4v) is 14.1. The molecular formula is C65H74FN9O7. The third-order valence-electron chi connectivity index (χ3n) is 18.8. The predicted molar refractivity (Wildman–Crippen MR) is 311 cm³/mol. The molecule has 6 fully saturated rings. The molecule has 4 N–H and O–H groups in total. The zero-order valence-electron chi connectivity index (χ0n) is 47.1. The van der Waals surface area contributed by atoms with E-state index in [2.05, 4.69) is 54.0 Å². The van der Waals surface area contributed by atoms with Crippen LogP contribution in [0, 0.1) is 29.5 Å². The number of hydrogen-bond acceptors (Lipinski definition) is 14. The van der Waals surface area contributed by atoms with E-state index in [1.165, 1.54) is 17.7 Å². The molecule has 0 spiro atoms. The Hall–Kier alpha value is -7.10. The Kier molecular flexibility index (Phi) is 14.7. The Morgan fingerprint density at radius 1 is 0.817 bits per heavy atom. The number of phenols is 3. The van der Waals surface area contributed by atoms with Crippen LogP contribution >= 0.6 is 0 Å². The zero-order chi connectivity index (χ0) is 56.4. The van der Waals surface area contributed by atoms with Crippen LogP contribution in [0.25, 0.3) is 32.9 Å². The third-order valence-corrected chi connectivity index (χ3v) is 18.8. The number of nitrogens with zero attached hydrogens (tertiary/aromatic N) is 8. The molecule has 82 heavy (non-hydrogen) atoms. The van der Waals surface area contributed by atoms with Crippen molar-refractivity contribution in [2.75, 3.05) is 70.4 Å². The smallest absolute Gasteiger partial charge is 0.319 e. The van der Waals surface area contributed by atoms with Crippen LogP contribution < -0.4 is 15.0 Å². The number of fused-ring (bicyclic) bond motifs is 5. The molecule has 16 nitrogen and oxygen atoms in total. The number of anilines is 1. The SMILES string of the molecule is C#Cc1cccc2cc(O)cc(-c3ncc4c(N5CC6CCC(C5)N6)nc(OCC5(CN6CCC(OC7CCN(C(=O)C8CCN(Cc9ccc%10c(c9)CN(C(=O)c9cc(C(C)C)c(O)cc9O)C%10)CC8)CC7)CC6)CC5)nc4c3F)c12. The van der Waals surface area contributed by atoms with Gasteiger partial charge in [0, 0.05) is 118 Å². The Balaban J connectivity index is 0.572. The molecule has 7 aliphatic rings. The maximum atomic E-state index is 17.2. The number of halogens is 1. The van der Waals surface area contributed by atoms with Gasteiger partial charge in [0.25, 0.3) is 5.91 Å². The molecule has 0 radical (unpaired) electrons. The number of rotatable bonds is 14. The van der Waals surface area contributed by atoms with E-state index in [1.807, 2.05) is 26.0 Å². The number of carbonyl (C=O) groups excluding carboxylic acids is 2. The van der Waals surface area contributed by atoms with Crippen LogP contribution in [-0.4, -0.2) is 151 Å². The molecule has 6 aromatic rings. The Morgan fingerprint density at radius 3 is 2.26 bits per heavy atom. The van der Waals surface area contributed by atoms with E-state index in [1.54, 1.807) is 29.3 Å². The second-order valence-corrected chi connectivity index (χ2v) is 24.9. The van der Waals surface area contributed by atoms with Crippen molar-refractivity contribution in [1.82, 2.24) is 39.9 Å². The number of benzene rings is 4. The monoisotopic (exact) mass is 1110 g/mol. The van der Waals surface area contributed by atoms with Crippen LogP contribution in [0.3, 0.4) is 0 Å². The van der Waals surface area contributed by atoms with Crippen molar-refractivity contribution in [3.8, 4) is 46.9 Å². The molecule has 2 amide bonds. The normalized spacial score (nSPS) is 21.6. The van der Waals surface area contributed by atoms with Crippen LogP contribution in [-0.2, 0) is 29.2 Å². The number of phenolic OH excluding ortho intramolecular Hbond substituents is 3. The quantitative estimate of drug-likeness (QED) is 0.0760. The van der Waals surface area contributed by atoms with Gasteiger partial charge in [0.15, 0.2) is 5.82 Å². The van der Waals surface area contributed by atoms with E-state index < -0.39 is 5.82 Å². The van der Waals surface area contributed by atoms with Crippen molar-refractivity contribution < 1.29 is 38.8 Å². The molecule has 13 rings (SSSR count). The van der Waals surface area contributed by atoms with Gasteiger partial charge in [0.2, 0.25) is 5.91 Å². The van der Waals surface area contributed by atoms with E-state index in [9.17, 15) is 24.9 Å². The lowest BCUT2D eigenvalue weighted by molar-refractivity contribution is -0.141. The summed E-state index contributed by atoms with van der Waals surface area (Å²) in [4.78, 5) is 52.9. The van der Waals surface area contributed by atoms with Crippen LogP contribution in [0.1, 0.15) is 122 Å². The summed E-state index contributed by atoms with van der Waals surface area (Å²) in [6.07, 6.45) is 17.5. The first-order chi connectivity index (χ1) is 39.7. The molecule has 2 atom stereocenters. The number of piperidine rings is 3. The van der Waals surface area contributed by atoms with Crippen LogP contribution in [0.4, 0.5) is 10.2 Å². The molecule has 8 heterocycles. The second-order valence-electron chi connectivity index (χ2n) is 24.9. The maximum Gasteiger partial charge on any atom is 0.319 e. The summed E-state index contributed by atoms with van der Waals surface area (Å²) < 4.78 is 30.5. The highest BCUT2D eigenvalue weighted by molar-refractivity contribution is 6.03. The minimum absolute atomic E-state index is 0.00556. The highest BCUT2D eigenvalue weighted by atomic mass is 19.1. The molecule has 428 valence electrons. The second kappa shape index (κ2) is 22.2. The lowest BCUT2D eigenvalue weighted by Crippen LogP contribution is -2.51. The fraction of sp³-hybridized carbons (Fsp3) is 0.492. The lowest BCUT2D eigenvalue weighted by Gasteiger charge is -2.39. The summed E-state index contributed by atoms with van der Waals surface area (Å²) in [5.41, 5.74) is 5.35. The van der Waals surface area contributed by atoms with Gasteiger partial charge in [-0.05, 0) is 135 Å². The molecule has 2 bridgehead atoms. The number of likely N-dealkylation sites (tertiary alicyclic amines) is 3. The summed E-state index contributed by atoms with van der Waals surface area (Å²) in [7, 11) is 0. The molecule has 1 saturated carbocycles. The minimum atomic E-state index is -0.617. The number of nitrogens with one attached hydrogen (secondary N) is 1. The highest BCUT2D eigenvalue weighted by Crippen LogP contribution is 2.47. The number of piperazine rings is 1. The first-order valence-electron chi connectivity index (χ1n) is 29.8. The van der Waals surface area contributed by atoms with E-state index >= 15 is 4.39 Å². The van der Waals surface area contributed by atoms with Crippen molar-refractivity contribution >= 4 is 39.3 Å². The predicted octanol–water partition coefficient (Wildman–Crippen LogP) is 8.85. The van der Waals surface area contributed by atoms with Crippen LogP contribution in [0.15, 0.2) is 66.9 Å². The van der Waals surface area contributed by atoms with Crippen molar-refractivity contribution in [3.05, 3.63) is 106 Å². The number of aromatic hydroxyl groups is 3. The Labute approximate surface area is 478 Å². The number of aromatic nitrogens is 3. The van der Waals surface area contributed by atoms with E-state index in [-0.39, 0.29) is 81.3 Å². The van der Waals surface area contributed by atoms with Gasteiger partial charge in [-0.15, -0.1) is 6.42 Å². The van der Waals surface area contributed by atoms with Crippen LogP contribution in [0.5, 0.6) is 23.3 Å². The van der Waals surface area contributed by atoms with Crippen molar-refractivity contribution in [1.29, 1.82) is 0 Å². The van der Waals surface area contributed by atoms with Gasteiger partial charge in [-0.1, -0.05) is 50.1 Å². The van der Waals surface area contributed by atoms with E-state index in [0.717, 1.165) is 141 Å². The lowest BCUT2D eigenvalue weighted by atomic mass is 9.93. The standard InChI is InChI=1S/C65H74FN9O7/c1-4-41-6-5-7-43-27-48(76)28-53(57(41)43)59-58(66)60-54(31-67-59)61(74-35-46-10-11-47(36-74)68-46)70-64(69-60)81-38-65(18-19-65)37-72-22-14-49(15-23-72)82-50-16-24-73(25-17-50)62(79)42-12-20-71(21-13-42)32-40-8-9-44-33-75(34-45(44)26-40)63(80)52-29-51(39(2)3)55(77)30-56(52)78/h1,5-9,26-31,39,42,46-47,49-50,68,76-78H,10-25,32-38H2,2-3H3. The topological polar surface area (TPSA) is 180 Å². The summed E-state index contributed by atoms with van der Waals surface area (Å²) >= 11 is 0. The molecule has 1 aliphatic carbocycles. The van der Waals surface area contributed by atoms with Crippen molar-refractivity contribution in [2.45, 2.75) is 128 Å². The van der Waals surface area contributed by atoms with Gasteiger partial charge in [-0.3, -0.25) is 19.5 Å². The number of ether oxygens (including phenoxy) is 2. The van der Waals surface area contributed by atoms with Gasteiger partial charge < -0.3 is 49.7 Å². The Morgan fingerprint density at radius 2 is 1.54 bits per heavy atom. The summed E-state index contributed by atoms with van der Waals surface area (Å²) in [6, 6.07) is 18.7. The number of hydrogen-bond donors (Lipinski definition) is 4. The average Bonchev–Trinajstić information content (AvgIpc) is 4.05. The first kappa shape index (κ1) is 54.2. The van der Waals surface area contributed by atoms with Gasteiger partial charge in [0.05, 0.1) is 29.8 Å². The van der Waals surface area contributed by atoms with Gasteiger partial charge >= 0.3 is 6.01 Å². The largest absolute Gasteiger partial charge is 0.508 e. The van der Waals surface area contributed by atoms with Gasteiger partial charge in [-0.25, -0.2) is 4.39 Å². The number of terminal acetylenes is 1.